The maximum absolute atomic E-state index is 17.2. The molecule has 0 bridgehead atoms. The molecule has 2 heterocycles. The summed E-state index contributed by atoms with van der Waals surface area (Å²) >= 11 is 13.6. The third-order valence-corrected chi connectivity index (χ3v) is 20.8. The summed E-state index contributed by atoms with van der Waals surface area (Å²) in [4.78, 5) is 63.0. The summed E-state index contributed by atoms with van der Waals surface area (Å²) in [5, 5.41) is 33.0. The van der Waals surface area contributed by atoms with Crippen LogP contribution >= 0.6 is 23.2 Å². The molecule has 18 atom stereocenters. The molecule has 372 valence electrons. The number of fused-ring (bicyclic) bond motifs is 12. The Morgan fingerprint density at radius 3 is 2.31 bits per heavy atom. The first kappa shape index (κ1) is 49.9. The van der Waals surface area contributed by atoms with Crippen LogP contribution in [-0.2, 0) is 33.4 Å². The van der Waals surface area contributed by atoms with Gasteiger partial charge >= 0.3 is 5.97 Å². The Hall–Kier alpha value is -3.11. The molecule has 0 amide bonds. The van der Waals surface area contributed by atoms with Crippen molar-refractivity contribution in [3.63, 3.8) is 0 Å². The molecule has 1 saturated heterocycles. The molecule has 0 unspecified atom stereocenters. The second-order valence-corrected chi connectivity index (χ2v) is 23.2. The fraction of sp³-hybridized carbons (Fsp3) is 0.712. The maximum atomic E-state index is 17.2. The first-order valence-electron chi connectivity index (χ1n) is 24.4. The second kappa shape index (κ2) is 16.7. The third-order valence-electron chi connectivity index (χ3n) is 19.6. The van der Waals surface area contributed by atoms with E-state index in [2.05, 4.69) is 0 Å². The zero-order valence-corrected chi connectivity index (χ0v) is 41.0. The summed E-state index contributed by atoms with van der Waals surface area (Å²) in [6.45, 7) is 10.5. The van der Waals surface area contributed by atoms with E-state index in [9.17, 15) is 39.3 Å². The normalized spacial score (nSPS) is 48.5. The van der Waals surface area contributed by atoms with Crippen LogP contribution in [0.4, 0.5) is 8.78 Å². The largest absolute Gasteiger partial charge is 0.457 e. The molecule has 3 N–H and O–H groups in total. The molecule has 12 nitrogen and oxygen atoms in total. The van der Waals surface area contributed by atoms with E-state index in [1.165, 1.54) is 24.5 Å². The van der Waals surface area contributed by atoms with Crippen LogP contribution < -0.4 is 0 Å². The maximum Gasteiger partial charge on any atom is 0.375 e. The Bertz CT molecular complexity index is 2370. The molecule has 0 spiro atoms. The van der Waals surface area contributed by atoms with E-state index in [1.54, 1.807) is 26.0 Å². The van der Waals surface area contributed by atoms with Crippen LogP contribution in [0.1, 0.15) is 123 Å². The van der Waals surface area contributed by atoms with Crippen LogP contribution in [0, 0.1) is 51.2 Å². The quantitative estimate of drug-likeness (QED) is 0.170. The van der Waals surface area contributed by atoms with Crippen LogP contribution in [0.3, 0.4) is 0 Å². The van der Waals surface area contributed by atoms with Crippen LogP contribution in [0.15, 0.2) is 58.3 Å². The van der Waals surface area contributed by atoms with E-state index in [0.717, 1.165) is 12.0 Å². The fourth-order valence-corrected chi connectivity index (χ4v) is 17.2. The highest BCUT2D eigenvalue weighted by Crippen LogP contribution is 2.74. The highest BCUT2D eigenvalue weighted by atomic mass is 35.5. The SMILES string of the molecule is CCC[C@@H]1O[C@@H]2C[C@H]3[C@@H]4C[C@H](F)C5=CC(=O)CC[C@]5(C)[C@@]4(F)[C@@H](O)C[C@]3(C)[C@]2(C(=O)CO)O1.C[C@@H]1C[C@H]2[C@@H]3CCC4=CC(=O)C=C[C@]4(C)[C@@]3(Cl)[C@@H](O)C[C@]2(C)[C@@]1(OC(=O)c1ccco1)C(=O)CCl. The Balaban J connectivity index is 0.000000170. The zero-order chi connectivity index (χ0) is 49.4. The number of esters is 1. The Morgan fingerprint density at radius 1 is 0.941 bits per heavy atom. The Labute approximate surface area is 405 Å². The van der Waals surface area contributed by atoms with Crippen LogP contribution in [0.5, 0.6) is 0 Å². The minimum absolute atomic E-state index is 0.00557. The molecule has 10 rings (SSSR count). The van der Waals surface area contributed by atoms with Crippen molar-refractivity contribution in [1.29, 1.82) is 0 Å². The van der Waals surface area contributed by atoms with Crippen molar-refractivity contribution < 1.29 is 66.7 Å². The number of hydrogen-bond donors (Lipinski definition) is 3. The fourth-order valence-electron chi connectivity index (χ4n) is 16.4. The van der Waals surface area contributed by atoms with Gasteiger partial charge in [0.1, 0.15) is 18.4 Å². The number of ketones is 4. The van der Waals surface area contributed by atoms with Crippen LogP contribution in [0.2, 0.25) is 0 Å². The predicted molar refractivity (Wildman–Crippen MR) is 244 cm³/mol. The predicted octanol–water partition coefficient (Wildman–Crippen LogP) is 7.85. The molecule has 0 aromatic carbocycles. The standard InChI is InChI=1S/C27H30Cl2O6.C25H34F2O6/c1-15-11-19-18-7-6-16-12-17(30)8-9-24(16,2)26(18,29)21(31)13-25(19,3)27(15,22(32)14-28)35-23(33)20-5-4-10-34-20;1-4-5-21-32-20-10-14-15-9-17(26)16-8-13(29)6-7-22(16,2)24(15,27)18(30)11-23(14,3)25(20,33-21)19(31)12-28/h4-5,8-10,12,15,18-19,21,31H,6-7,11,13-14H2,1-3H3;8,14-15,17-18,20-21,28,30H,4-7,9-12H2,1-3H3/t15-,18+,19+,21+,24+,25+,26+,27+;14-,15-,17-,18-,20+,21+,22-,23-,24-,25+/m10/s1. The number of furan rings is 1. The molecule has 1 aromatic heterocycles. The van der Waals surface area contributed by atoms with E-state index >= 15 is 8.78 Å². The van der Waals surface area contributed by atoms with Gasteiger partial charge in [-0.1, -0.05) is 59.6 Å². The first-order chi connectivity index (χ1) is 31.9. The summed E-state index contributed by atoms with van der Waals surface area (Å²) in [7, 11) is 0. The first-order valence-corrected chi connectivity index (χ1v) is 25.3. The number of carbonyl (C=O) groups excluding carboxylic acids is 5. The molecule has 7 fully saturated rings. The lowest BCUT2D eigenvalue weighted by Gasteiger charge is -2.64. The number of ether oxygens (including phenoxy) is 3. The van der Waals surface area contributed by atoms with Gasteiger partial charge in [0.15, 0.2) is 40.6 Å². The highest BCUT2D eigenvalue weighted by Gasteiger charge is 2.81. The number of halogens is 4. The lowest BCUT2D eigenvalue weighted by molar-refractivity contribution is -0.242. The lowest BCUT2D eigenvalue weighted by Crippen LogP contribution is -2.71. The van der Waals surface area contributed by atoms with Gasteiger partial charge in [0.25, 0.3) is 0 Å². The molecule has 8 aliphatic carbocycles. The molecule has 1 aliphatic heterocycles. The van der Waals surface area contributed by atoms with E-state index in [1.807, 2.05) is 33.8 Å². The summed E-state index contributed by atoms with van der Waals surface area (Å²) in [5.74, 6) is -4.22. The van der Waals surface area contributed by atoms with Gasteiger partial charge in [-0.25, -0.2) is 13.6 Å². The molecule has 9 aliphatic rings. The van der Waals surface area contributed by atoms with Gasteiger partial charge in [-0.05, 0) is 111 Å². The van der Waals surface area contributed by atoms with E-state index in [0.29, 0.717) is 32.1 Å². The molecule has 68 heavy (non-hydrogen) atoms. The number of aliphatic hydroxyl groups excluding tert-OH is 3. The molecule has 0 radical (unpaired) electrons. The van der Waals surface area contributed by atoms with Gasteiger partial charge in [0, 0.05) is 39.9 Å². The van der Waals surface area contributed by atoms with E-state index in [-0.39, 0.29) is 84.4 Å². The molecule has 1 aromatic rings. The number of Topliss-reactive ketones (excluding diaryl/α,β-unsaturated/α-hetero) is 2. The van der Waals surface area contributed by atoms with Gasteiger partial charge in [0.2, 0.25) is 5.76 Å². The molecule has 16 heteroatoms. The zero-order valence-electron chi connectivity index (χ0n) is 39.5. The highest BCUT2D eigenvalue weighted by molar-refractivity contribution is 6.29. The Morgan fingerprint density at radius 2 is 1.65 bits per heavy atom. The molecule has 6 saturated carbocycles. The summed E-state index contributed by atoms with van der Waals surface area (Å²) in [6.07, 6.45) is 6.07. The van der Waals surface area contributed by atoms with Crippen LogP contribution in [0.25, 0.3) is 0 Å². The van der Waals surface area contributed by atoms with Gasteiger partial charge in [0.05, 0.1) is 35.3 Å². The van der Waals surface area contributed by atoms with Gasteiger partial charge in [-0.2, -0.15) is 0 Å². The van der Waals surface area contributed by atoms with Gasteiger partial charge < -0.3 is 33.9 Å². The van der Waals surface area contributed by atoms with Gasteiger partial charge in [-0.3, -0.25) is 19.2 Å². The van der Waals surface area contributed by atoms with Gasteiger partial charge in [-0.15, -0.1) is 23.2 Å². The van der Waals surface area contributed by atoms with Crippen molar-refractivity contribution in [3.05, 3.63) is 59.6 Å². The van der Waals surface area contributed by atoms with Crippen molar-refractivity contribution >= 4 is 52.3 Å². The average Bonchev–Trinajstić information content (AvgIpc) is 4.06. The summed E-state index contributed by atoms with van der Waals surface area (Å²) in [5.41, 5.74) is -8.03. The van der Waals surface area contributed by atoms with Crippen molar-refractivity contribution in [3.8, 4) is 0 Å². The van der Waals surface area contributed by atoms with Crippen molar-refractivity contribution in [2.45, 2.75) is 165 Å². The van der Waals surface area contributed by atoms with Crippen molar-refractivity contribution in [2.24, 2.45) is 51.2 Å². The summed E-state index contributed by atoms with van der Waals surface area (Å²) < 4.78 is 56.5. The average molecular weight is 990 g/mol. The minimum atomic E-state index is -2.14. The lowest BCUT2D eigenvalue weighted by atomic mass is 9.43. The minimum Gasteiger partial charge on any atom is -0.457 e. The second-order valence-electron chi connectivity index (χ2n) is 22.3. The van der Waals surface area contributed by atoms with E-state index in [4.69, 9.17) is 41.8 Å². The topological polar surface area (TPSA) is 187 Å². The number of alkyl halides is 4. The van der Waals surface area contributed by atoms with Crippen molar-refractivity contribution in [1.82, 2.24) is 0 Å². The number of hydrogen-bond acceptors (Lipinski definition) is 12. The number of carbonyl (C=O) groups is 5. The Kier molecular flexibility index (Phi) is 12.3. The van der Waals surface area contributed by atoms with Crippen molar-refractivity contribution in [2.75, 3.05) is 12.5 Å². The number of allylic oxidation sites excluding steroid dienone is 5. The number of aliphatic hydroxyl groups is 3. The van der Waals surface area contributed by atoms with E-state index < -0.39 is 104 Å². The molecular formula is C52H64Cl2F2O12. The summed E-state index contributed by atoms with van der Waals surface area (Å²) in [6, 6.07) is 3.07. The van der Waals surface area contributed by atoms with Crippen LogP contribution in [-0.4, -0.2) is 109 Å². The third kappa shape index (κ3) is 6.28. The monoisotopic (exact) mass is 988 g/mol. The number of rotatable bonds is 8. The molecular weight excluding hydrogens is 925 g/mol. The smallest absolute Gasteiger partial charge is 0.375 e.